The van der Waals surface area contributed by atoms with Crippen LogP contribution < -0.4 is 5.32 Å². The number of aldehydes is 1. The van der Waals surface area contributed by atoms with Gasteiger partial charge in [0.1, 0.15) is 6.29 Å². The van der Waals surface area contributed by atoms with Gasteiger partial charge in [-0.05, 0) is 43.1 Å². The van der Waals surface area contributed by atoms with E-state index in [2.05, 4.69) is 31.3 Å². The molecule has 0 saturated carbocycles. The maximum Gasteiger partial charge on any atom is 0.150 e. The summed E-state index contributed by atoms with van der Waals surface area (Å²) in [6.07, 6.45) is 1.86. The summed E-state index contributed by atoms with van der Waals surface area (Å²) in [5.41, 5.74) is 3.19. The molecule has 0 radical (unpaired) electrons. The molecule has 1 aromatic rings. The Kier molecular flexibility index (Phi) is 4.50. The van der Waals surface area contributed by atoms with E-state index in [4.69, 9.17) is 0 Å². The third kappa shape index (κ3) is 3.17. The second-order valence-electron chi connectivity index (χ2n) is 4.08. The van der Waals surface area contributed by atoms with Crippen molar-refractivity contribution >= 4 is 6.29 Å². The van der Waals surface area contributed by atoms with Gasteiger partial charge >= 0.3 is 0 Å². The predicted octanol–water partition coefficient (Wildman–Crippen LogP) is 2.38. The van der Waals surface area contributed by atoms with Crippen molar-refractivity contribution in [3.05, 3.63) is 34.9 Å². The molecule has 0 heterocycles. The van der Waals surface area contributed by atoms with Gasteiger partial charge in [-0.15, -0.1) is 0 Å². The third-order valence-corrected chi connectivity index (χ3v) is 2.61. The lowest BCUT2D eigenvalue weighted by atomic mass is 9.96. The summed E-state index contributed by atoms with van der Waals surface area (Å²) >= 11 is 0. The highest BCUT2D eigenvalue weighted by Crippen LogP contribution is 2.18. The van der Waals surface area contributed by atoms with Crippen molar-refractivity contribution in [3.63, 3.8) is 0 Å². The molecule has 15 heavy (non-hydrogen) atoms. The number of hydrogen-bond acceptors (Lipinski definition) is 2. The van der Waals surface area contributed by atoms with Crippen LogP contribution in [0.25, 0.3) is 0 Å². The zero-order valence-electron chi connectivity index (χ0n) is 9.71. The first-order valence-electron chi connectivity index (χ1n) is 5.41. The van der Waals surface area contributed by atoms with Crippen LogP contribution in [0.2, 0.25) is 0 Å². The molecule has 82 valence electrons. The van der Waals surface area contributed by atoms with Crippen molar-refractivity contribution in [2.75, 3.05) is 13.6 Å². The summed E-state index contributed by atoms with van der Waals surface area (Å²) in [4.78, 5) is 10.9. The lowest BCUT2D eigenvalue weighted by Crippen LogP contribution is -2.11. The predicted molar refractivity (Wildman–Crippen MR) is 63.5 cm³/mol. The summed E-state index contributed by atoms with van der Waals surface area (Å²) in [6, 6.07) is 6.18. The van der Waals surface area contributed by atoms with E-state index in [1.165, 1.54) is 5.56 Å². The number of likely N-dealkylation sites (N-methyl/N-ethyl adjacent to an activating group) is 1. The van der Waals surface area contributed by atoms with Gasteiger partial charge in [0.2, 0.25) is 0 Å². The molecule has 0 atom stereocenters. The number of rotatable bonds is 5. The minimum atomic E-state index is 0.474. The van der Waals surface area contributed by atoms with E-state index in [1.807, 2.05) is 13.1 Å². The quantitative estimate of drug-likeness (QED) is 0.748. The van der Waals surface area contributed by atoms with Crippen molar-refractivity contribution < 1.29 is 4.79 Å². The van der Waals surface area contributed by atoms with E-state index >= 15 is 0 Å². The highest BCUT2D eigenvalue weighted by atomic mass is 16.1. The van der Waals surface area contributed by atoms with E-state index in [-0.39, 0.29) is 0 Å². The number of benzene rings is 1. The zero-order valence-corrected chi connectivity index (χ0v) is 9.71. The van der Waals surface area contributed by atoms with Crippen LogP contribution in [-0.4, -0.2) is 19.9 Å². The maximum absolute atomic E-state index is 10.9. The average Bonchev–Trinajstić information content (AvgIpc) is 2.25. The first kappa shape index (κ1) is 11.9. The van der Waals surface area contributed by atoms with E-state index in [1.54, 1.807) is 0 Å². The Hall–Kier alpha value is -1.15. The fraction of sp³-hybridized carbons (Fsp3) is 0.462. The fourth-order valence-electron chi connectivity index (χ4n) is 1.57. The minimum Gasteiger partial charge on any atom is -0.319 e. The Morgan fingerprint density at radius 1 is 1.40 bits per heavy atom. The fourth-order valence-corrected chi connectivity index (χ4v) is 1.57. The van der Waals surface area contributed by atoms with E-state index in [0.29, 0.717) is 5.92 Å². The highest BCUT2D eigenvalue weighted by molar-refractivity contribution is 5.77. The standard InChI is InChI=1S/C13H19NO/c1-10(2)12-5-4-11(6-7-14-3)13(8-12)9-15/h4-5,8-10,14H,6-7H2,1-3H3. The molecule has 1 N–H and O–H groups in total. The van der Waals surface area contributed by atoms with Crippen LogP contribution in [0.15, 0.2) is 18.2 Å². The number of hydrogen-bond donors (Lipinski definition) is 1. The van der Waals surface area contributed by atoms with E-state index in [9.17, 15) is 4.79 Å². The van der Waals surface area contributed by atoms with E-state index in [0.717, 1.165) is 30.4 Å². The second-order valence-corrected chi connectivity index (χ2v) is 4.08. The Balaban J connectivity index is 2.93. The molecule has 1 aromatic carbocycles. The molecule has 0 aliphatic heterocycles. The summed E-state index contributed by atoms with van der Waals surface area (Å²) in [5, 5.41) is 3.09. The van der Waals surface area contributed by atoms with Crippen LogP contribution in [0.1, 0.15) is 41.3 Å². The monoisotopic (exact) mass is 205 g/mol. The third-order valence-electron chi connectivity index (χ3n) is 2.61. The van der Waals surface area contributed by atoms with Gasteiger partial charge in [0, 0.05) is 5.56 Å². The van der Waals surface area contributed by atoms with E-state index < -0.39 is 0 Å². The molecular formula is C13H19NO. The van der Waals surface area contributed by atoms with Crippen molar-refractivity contribution in [2.45, 2.75) is 26.2 Å². The van der Waals surface area contributed by atoms with Crippen molar-refractivity contribution in [1.82, 2.24) is 5.32 Å². The normalized spacial score (nSPS) is 10.7. The number of carbonyl (C=O) groups is 1. The summed E-state index contributed by atoms with van der Waals surface area (Å²) in [7, 11) is 1.92. The lowest BCUT2D eigenvalue weighted by molar-refractivity contribution is 0.112. The zero-order chi connectivity index (χ0) is 11.3. The maximum atomic E-state index is 10.9. The van der Waals surface area contributed by atoms with Gasteiger partial charge in [-0.2, -0.15) is 0 Å². The van der Waals surface area contributed by atoms with Gasteiger partial charge in [0.15, 0.2) is 0 Å². The van der Waals surface area contributed by atoms with Gasteiger partial charge in [-0.25, -0.2) is 0 Å². The molecule has 0 amide bonds. The first-order chi connectivity index (χ1) is 7.19. The molecule has 0 aliphatic carbocycles. The Labute approximate surface area is 91.7 Å². The van der Waals surface area contributed by atoms with Crippen molar-refractivity contribution in [3.8, 4) is 0 Å². The second kappa shape index (κ2) is 5.66. The van der Waals surface area contributed by atoms with Crippen molar-refractivity contribution in [1.29, 1.82) is 0 Å². The molecule has 0 spiro atoms. The summed E-state index contributed by atoms with van der Waals surface area (Å²) in [5.74, 6) is 0.474. The average molecular weight is 205 g/mol. The largest absolute Gasteiger partial charge is 0.319 e. The molecule has 0 bridgehead atoms. The van der Waals surface area contributed by atoms with Gasteiger partial charge in [0.05, 0.1) is 0 Å². The van der Waals surface area contributed by atoms with Gasteiger partial charge in [-0.3, -0.25) is 4.79 Å². The molecule has 0 unspecified atom stereocenters. The van der Waals surface area contributed by atoms with Gasteiger partial charge in [0.25, 0.3) is 0 Å². The van der Waals surface area contributed by atoms with Crippen LogP contribution >= 0.6 is 0 Å². The molecule has 0 saturated heterocycles. The summed E-state index contributed by atoms with van der Waals surface area (Å²) < 4.78 is 0. The molecule has 0 aliphatic rings. The van der Waals surface area contributed by atoms with Gasteiger partial charge in [-0.1, -0.05) is 26.0 Å². The Morgan fingerprint density at radius 2 is 2.13 bits per heavy atom. The highest BCUT2D eigenvalue weighted by Gasteiger charge is 2.05. The molecule has 0 aromatic heterocycles. The molecule has 1 rings (SSSR count). The van der Waals surface area contributed by atoms with Crippen LogP contribution in [0.5, 0.6) is 0 Å². The smallest absolute Gasteiger partial charge is 0.150 e. The lowest BCUT2D eigenvalue weighted by Gasteiger charge is -2.09. The molecule has 2 heteroatoms. The SMILES string of the molecule is CNCCc1ccc(C(C)C)cc1C=O. The summed E-state index contributed by atoms with van der Waals surface area (Å²) in [6.45, 7) is 5.18. The molecular weight excluding hydrogens is 186 g/mol. The Bertz CT molecular complexity index is 331. The molecule has 2 nitrogen and oxygen atoms in total. The number of nitrogens with one attached hydrogen (secondary N) is 1. The first-order valence-corrected chi connectivity index (χ1v) is 5.41. The van der Waals surface area contributed by atoms with Crippen molar-refractivity contribution in [2.24, 2.45) is 0 Å². The topological polar surface area (TPSA) is 29.1 Å². The minimum absolute atomic E-state index is 0.474. The Morgan fingerprint density at radius 3 is 2.67 bits per heavy atom. The van der Waals surface area contributed by atoms with Crippen LogP contribution in [-0.2, 0) is 6.42 Å². The molecule has 0 fully saturated rings. The van der Waals surface area contributed by atoms with Crippen LogP contribution in [0, 0.1) is 0 Å². The van der Waals surface area contributed by atoms with Crippen LogP contribution in [0.3, 0.4) is 0 Å². The van der Waals surface area contributed by atoms with Gasteiger partial charge < -0.3 is 5.32 Å². The number of carbonyl (C=O) groups excluding carboxylic acids is 1. The van der Waals surface area contributed by atoms with Crippen LogP contribution in [0.4, 0.5) is 0 Å².